The Balaban J connectivity index is 2.37. The summed E-state index contributed by atoms with van der Waals surface area (Å²) in [7, 11) is 0. The second kappa shape index (κ2) is 3.24. The third-order valence-electron chi connectivity index (χ3n) is 2.32. The summed E-state index contributed by atoms with van der Waals surface area (Å²) in [6.07, 6.45) is 2.48. The van der Waals surface area contributed by atoms with E-state index in [-0.39, 0.29) is 0 Å². The topological polar surface area (TPSA) is 12.0 Å². The Hall–Kier alpha value is -0.250. The van der Waals surface area contributed by atoms with Gasteiger partial charge >= 0.3 is 0 Å². The lowest BCUT2D eigenvalue weighted by Crippen LogP contribution is -2.21. The highest BCUT2D eigenvalue weighted by Crippen LogP contribution is 2.26. The van der Waals surface area contributed by atoms with Gasteiger partial charge in [-0.05, 0) is 60.1 Å². The van der Waals surface area contributed by atoms with E-state index in [1.807, 2.05) is 0 Å². The van der Waals surface area contributed by atoms with E-state index in [4.69, 9.17) is 0 Å². The first-order chi connectivity index (χ1) is 5.75. The lowest BCUT2D eigenvalue weighted by molar-refractivity contribution is 0.681. The zero-order chi connectivity index (χ0) is 8.55. The van der Waals surface area contributed by atoms with Crippen LogP contribution in [0.3, 0.4) is 0 Å². The molecule has 0 amide bonds. The molecule has 2 heteroatoms. The van der Waals surface area contributed by atoms with Gasteiger partial charge in [0, 0.05) is 15.3 Å². The fraction of sp³-hybridized carbons (Fsp3) is 0.400. The molecule has 1 aromatic carbocycles. The first-order valence-corrected chi connectivity index (χ1v) is 5.38. The largest absolute Gasteiger partial charge is 0.382 e. The van der Waals surface area contributed by atoms with E-state index in [1.165, 1.54) is 27.7 Å². The van der Waals surface area contributed by atoms with Gasteiger partial charge < -0.3 is 5.32 Å². The Morgan fingerprint density at radius 3 is 3.17 bits per heavy atom. The van der Waals surface area contributed by atoms with Crippen molar-refractivity contribution in [1.29, 1.82) is 0 Å². The van der Waals surface area contributed by atoms with Crippen LogP contribution < -0.4 is 5.32 Å². The fourth-order valence-electron chi connectivity index (χ4n) is 1.61. The molecule has 0 saturated carbocycles. The first kappa shape index (κ1) is 8.35. The maximum absolute atomic E-state index is 3.50. The van der Waals surface area contributed by atoms with Crippen molar-refractivity contribution in [2.75, 3.05) is 5.32 Å². The van der Waals surface area contributed by atoms with Gasteiger partial charge in [0.25, 0.3) is 0 Å². The van der Waals surface area contributed by atoms with Gasteiger partial charge in [-0.15, -0.1) is 0 Å². The summed E-state index contributed by atoms with van der Waals surface area (Å²) >= 11 is 2.35. The molecule has 1 atom stereocenters. The number of nitrogens with one attached hydrogen (secondary N) is 1. The van der Waals surface area contributed by atoms with Crippen LogP contribution in [0.2, 0.25) is 0 Å². The van der Waals surface area contributed by atoms with Crippen molar-refractivity contribution < 1.29 is 0 Å². The highest BCUT2D eigenvalue weighted by molar-refractivity contribution is 14.1. The second-order valence-corrected chi connectivity index (χ2v) is 4.63. The van der Waals surface area contributed by atoms with Gasteiger partial charge in [0.15, 0.2) is 0 Å². The number of rotatable bonds is 0. The first-order valence-electron chi connectivity index (χ1n) is 4.30. The molecule has 1 nitrogen and oxygen atoms in total. The van der Waals surface area contributed by atoms with E-state index in [9.17, 15) is 0 Å². The van der Waals surface area contributed by atoms with Crippen LogP contribution in [0.25, 0.3) is 0 Å². The van der Waals surface area contributed by atoms with E-state index in [0.29, 0.717) is 6.04 Å². The molecule has 1 aliphatic rings. The van der Waals surface area contributed by atoms with Gasteiger partial charge in [-0.25, -0.2) is 0 Å². The summed E-state index contributed by atoms with van der Waals surface area (Å²) in [5.41, 5.74) is 2.80. The number of fused-ring (bicyclic) bond motifs is 1. The van der Waals surface area contributed by atoms with Crippen LogP contribution in [0.15, 0.2) is 18.2 Å². The molecule has 0 spiro atoms. The fourth-order valence-corrected chi connectivity index (χ4v) is 2.10. The molecule has 2 rings (SSSR count). The molecule has 1 aliphatic heterocycles. The van der Waals surface area contributed by atoms with Crippen molar-refractivity contribution in [1.82, 2.24) is 0 Å². The van der Waals surface area contributed by atoms with Crippen LogP contribution in [0.1, 0.15) is 18.9 Å². The van der Waals surface area contributed by atoms with E-state index in [0.717, 1.165) is 0 Å². The van der Waals surface area contributed by atoms with Gasteiger partial charge in [-0.1, -0.05) is 6.07 Å². The minimum atomic E-state index is 0.635. The highest BCUT2D eigenvalue weighted by Gasteiger charge is 2.13. The molecule has 0 unspecified atom stereocenters. The Labute approximate surface area is 86.7 Å². The van der Waals surface area contributed by atoms with Crippen LogP contribution in [-0.2, 0) is 6.42 Å². The van der Waals surface area contributed by atoms with Crippen molar-refractivity contribution in [2.24, 2.45) is 0 Å². The maximum Gasteiger partial charge on any atom is 0.0385 e. The normalized spacial score (nSPS) is 21.3. The van der Waals surface area contributed by atoms with Crippen LogP contribution in [0.4, 0.5) is 5.69 Å². The third kappa shape index (κ3) is 1.58. The zero-order valence-electron chi connectivity index (χ0n) is 7.10. The third-order valence-corrected chi connectivity index (χ3v) is 2.99. The van der Waals surface area contributed by atoms with Crippen LogP contribution in [0, 0.1) is 3.57 Å². The van der Waals surface area contributed by atoms with Crippen LogP contribution in [-0.4, -0.2) is 6.04 Å². The molecular weight excluding hydrogens is 261 g/mol. The lowest BCUT2D eigenvalue weighted by atomic mass is 9.99. The molecule has 0 bridgehead atoms. The molecule has 0 radical (unpaired) electrons. The minimum absolute atomic E-state index is 0.635. The number of halogens is 1. The molecule has 12 heavy (non-hydrogen) atoms. The van der Waals surface area contributed by atoms with E-state index >= 15 is 0 Å². The smallest absolute Gasteiger partial charge is 0.0385 e. The molecule has 64 valence electrons. The summed E-state index contributed by atoms with van der Waals surface area (Å²) in [6.45, 7) is 2.24. The summed E-state index contributed by atoms with van der Waals surface area (Å²) in [6, 6.07) is 7.27. The summed E-state index contributed by atoms with van der Waals surface area (Å²) < 4.78 is 1.31. The van der Waals surface area contributed by atoms with Crippen molar-refractivity contribution in [2.45, 2.75) is 25.8 Å². The van der Waals surface area contributed by atoms with Crippen molar-refractivity contribution in [3.05, 3.63) is 27.3 Å². The number of hydrogen-bond donors (Lipinski definition) is 1. The van der Waals surface area contributed by atoms with E-state index < -0.39 is 0 Å². The highest BCUT2D eigenvalue weighted by atomic mass is 127. The summed E-state index contributed by atoms with van der Waals surface area (Å²) in [5, 5.41) is 3.50. The van der Waals surface area contributed by atoms with Gasteiger partial charge in [0.1, 0.15) is 0 Å². The Morgan fingerprint density at radius 1 is 1.50 bits per heavy atom. The molecule has 1 N–H and O–H groups in total. The average molecular weight is 273 g/mol. The predicted molar refractivity (Wildman–Crippen MR) is 60.6 cm³/mol. The van der Waals surface area contributed by atoms with Crippen molar-refractivity contribution >= 4 is 28.3 Å². The molecule has 0 saturated heterocycles. The molecular formula is C10H12IN. The van der Waals surface area contributed by atoms with E-state index in [2.05, 4.69) is 53.0 Å². The number of aryl methyl sites for hydroxylation is 1. The molecule has 0 aliphatic carbocycles. The lowest BCUT2D eigenvalue weighted by Gasteiger charge is -2.24. The van der Waals surface area contributed by atoms with Crippen LogP contribution in [0.5, 0.6) is 0 Å². The predicted octanol–water partition coefficient (Wildman–Crippen LogP) is 3.04. The quantitative estimate of drug-likeness (QED) is 0.716. The molecule has 0 fully saturated rings. The van der Waals surface area contributed by atoms with Crippen molar-refractivity contribution in [3.63, 3.8) is 0 Å². The Morgan fingerprint density at radius 2 is 2.33 bits per heavy atom. The Kier molecular flexibility index (Phi) is 2.26. The SMILES string of the molecule is C[C@H]1CCc2ccc(I)cc2N1. The number of hydrogen-bond acceptors (Lipinski definition) is 1. The second-order valence-electron chi connectivity index (χ2n) is 3.39. The average Bonchev–Trinajstić information content (AvgIpc) is 2.03. The van der Waals surface area contributed by atoms with Gasteiger partial charge in [-0.2, -0.15) is 0 Å². The summed E-state index contributed by atoms with van der Waals surface area (Å²) in [4.78, 5) is 0. The van der Waals surface area contributed by atoms with Crippen molar-refractivity contribution in [3.8, 4) is 0 Å². The van der Waals surface area contributed by atoms with Gasteiger partial charge in [0.2, 0.25) is 0 Å². The molecule has 1 heterocycles. The zero-order valence-corrected chi connectivity index (χ0v) is 9.26. The monoisotopic (exact) mass is 273 g/mol. The number of anilines is 1. The summed E-state index contributed by atoms with van der Waals surface area (Å²) in [5.74, 6) is 0. The standard InChI is InChI=1S/C10H12IN/c1-7-2-3-8-4-5-9(11)6-10(8)12-7/h4-7,12H,2-3H2,1H3/t7-/m0/s1. The maximum atomic E-state index is 3.50. The molecule has 1 aromatic rings. The Bertz CT molecular complexity index is 296. The van der Waals surface area contributed by atoms with Crippen LogP contribution >= 0.6 is 22.6 Å². The number of benzene rings is 1. The van der Waals surface area contributed by atoms with Gasteiger partial charge in [-0.3, -0.25) is 0 Å². The van der Waals surface area contributed by atoms with E-state index in [1.54, 1.807) is 0 Å². The molecule has 0 aromatic heterocycles. The minimum Gasteiger partial charge on any atom is -0.382 e. The van der Waals surface area contributed by atoms with Gasteiger partial charge in [0.05, 0.1) is 0 Å².